The van der Waals surface area contributed by atoms with E-state index >= 15 is 0 Å². The fraction of sp³-hybridized carbons (Fsp3) is 0.214. The maximum absolute atomic E-state index is 13.1. The lowest BCUT2D eigenvalue weighted by Crippen LogP contribution is -2.30. The van der Waals surface area contributed by atoms with Crippen molar-refractivity contribution in [3.05, 3.63) is 105 Å². The number of aliphatic hydroxyl groups is 1. The van der Waals surface area contributed by atoms with Gasteiger partial charge in [-0.25, -0.2) is 0 Å². The Morgan fingerprint density at radius 2 is 1.78 bits per heavy atom. The molecule has 1 amide bonds. The van der Waals surface area contributed by atoms with Gasteiger partial charge in [0.2, 0.25) is 0 Å². The Balaban J connectivity index is 1.81. The molecule has 3 aromatic rings. The standard InChI is InChI=1S/C28H26N2O7/c1-3-14-29-25(19-12-13-22(36-2)23(16-19)37-17-18-8-5-4-6-9-18)24(27(32)28(29)33)26(31)20-10-7-11-21(15-20)30(34)35/h4-13,15-16,25,31H,3,14,17H2,1-2H3/b26-24+. The van der Waals surface area contributed by atoms with E-state index in [1.807, 2.05) is 37.3 Å². The molecule has 9 heteroatoms. The summed E-state index contributed by atoms with van der Waals surface area (Å²) in [5.74, 6) is -1.22. The van der Waals surface area contributed by atoms with Gasteiger partial charge in [-0.15, -0.1) is 0 Å². The highest BCUT2D eigenvalue weighted by atomic mass is 16.6. The largest absolute Gasteiger partial charge is 0.507 e. The smallest absolute Gasteiger partial charge is 0.295 e. The first-order chi connectivity index (χ1) is 17.8. The number of nitro groups is 1. The Labute approximate surface area is 213 Å². The maximum atomic E-state index is 13.1. The Hall–Kier alpha value is -4.66. The summed E-state index contributed by atoms with van der Waals surface area (Å²) in [5, 5.41) is 22.4. The van der Waals surface area contributed by atoms with Crippen LogP contribution in [0, 0.1) is 10.1 Å². The van der Waals surface area contributed by atoms with Gasteiger partial charge < -0.3 is 19.5 Å². The highest BCUT2D eigenvalue weighted by molar-refractivity contribution is 6.46. The minimum absolute atomic E-state index is 0.0720. The van der Waals surface area contributed by atoms with Crippen molar-refractivity contribution in [2.75, 3.05) is 13.7 Å². The molecule has 1 aliphatic heterocycles. The summed E-state index contributed by atoms with van der Waals surface area (Å²) >= 11 is 0. The number of benzene rings is 3. The predicted molar refractivity (Wildman–Crippen MR) is 136 cm³/mol. The van der Waals surface area contributed by atoms with Crippen LogP contribution in [0.3, 0.4) is 0 Å². The number of ether oxygens (including phenoxy) is 2. The van der Waals surface area contributed by atoms with Crippen molar-refractivity contribution in [1.29, 1.82) is 0 Å². The summed E-state index contributed by atoms with van der Waals surface area (Å²) in [6.07, 6.45) is 0.577. The van der Waals surface area contributed by atoms with Gasteiger partial charge in [-0.1, -0.05) is 55.5 Å². The lowest BCUT2D eigenvalue weighted by molar-refractivity contribution is -0.384. The van der Waals surface area contributed by atoms with E-state index < -0.39 is 28.4 Å². The number of Topliss-reactive ketones (excluding diaryl/α,β-unsaturated/α-hetero) is 1. The average molecular weight is 503 g/mol. The van der Waals surface area contributed by atoms with Crippen molar-refractivity contribution < 1.29 is 29.1 Å². The van der Waals surface area contributed by atoms with Crippen LogP contribution in [-0.4, -0.2) is 40.3 Å². The number of nitrogens with zero attached hydrogens (tertiary/aromatic N) is 2. The summed E-state index contributed by atoms with van der Waals surface area (Å²) in [6, 6.07) is 19.0. The number of non-ortho nitro benzene ring substituents is 1. The van der Waals surface area contributed by atoms with Crippen LogP contribution in [0.15, 0.2) is 78.4 Å². The predicted octanol–water partition coefficient (Wildman–Crippen LogP) is 5.01. The Kier molecular flexibility index (Phi) is 7.52. The third-order valence-corrected chi connectivity index (χ3v) is 6.08. The van der Waals surface area contributed by atoms with Crippen molar-refractivity contribution >= 4 is 23.1 Å². The third-order valence-electron chi connectivity index (χ3n) is 6.08. The van der Waals surface area contributed by atoms with Crippen LogP contribution in [0.2, 0.25) is 0 Å². The fourth-order valence-corrected chi connectivity index (χ4v) is 4.33. The molecular weight excluding hydrogens is 476 g/mol. The summed E-state index contributed by atoms with van der Waals surface area (Å²) in [7, 11) is 1.51. The van der Waals surface area contributed by atoms with E-state index in [0.717, 1.165) is 5.56 Å². The van der Waals surface area contributed by atoms with Gasteiger partial charge in [-0.05, 0) is 29.7 Å². The number of methoxy groups -OCH3 is 1. The number of nitro benzene ring substituents is 1. The van der Waals surface area contributed by atoms with Crippen molar-refractivity contribution in [1.82, 2.24) is 4.90 Å². The molecule has 0 saturated carbocycles. The normalized spacial score (nSPS) is 16.6. The number of rotatable bonds is 9. The van der Waals surface area contributed by atoms with Crippen LogP contribution in [0.25, 0.3) is 5.76 Å². The monoisotopic (exact) mass is 502 g/mol. The number of ketones is 1. The summed E-state index contributed by atoms with van der Waals surface area (Å²) in [5.41, 5.74) is 1.16. The van der Waals surface area contributed by atoms with Crippen molar-refractivity contribution in [3.63, 3.8) is 0 Å². The molecule has 190 valence electrons. The molecule has 37 heavy (non-hydrogen) atoms. The average Bonchev–Trinajstić information content (AvgIpc) is 3.17. The number of likely N-dealkylation sites (tertiary alicyclic amines) is 1. The van der Waals surface area contributed by atoms with E-state index in [0.29, 0.717) is 23.5 Å². The Bertz CT molecular complexity index is 1370. The molecule has 4 rings (SSSR count). The molecule has 9 nitrogen and oxygen atoms in total. The van der Waals surface area contributed by atoms with Gasteiger partial charge in [-0.2, -0.15) is 0 Å². The third kappa shape index (κ3) is 5.16. The number of aliphatic hydroxyl groups excluding tert-OH is 1. The summed E-state index contributed by atoms with van der Waals surface area (Å²) in [4.78, 5) is 38.2. The van der Waals surface area contributed by atoms with Crippen molar-refractivity contribution in [2.24, 2.45) is 0 Å². The lowest BCUT2D eigenvalue weighted by atomic mass is 9.94. The molecule has 0 aliphatic carbocycles. The zero-order valence-electron chi connectivity index (χ0n) is 20.4. The molecule has 1 fully saturated rings. The fourth-order valence-electron chi connectivity index (χ4n) is 4.33. The molecular formula is C28H26N2O7. The molecule has 1 heterocycles. The van der Waals surface area contributed by atoms with E-state index in [2.05, 4.69) is 0 Å². The topological polar surface area (TPSA) is 119 Å². The van der Waals surface area contributed by atoms with Gasteiger partial charge in [0.05, 0.1) is 23.6 Å². The van der Waals surface area contributed by atoms with Crippen molar-refractivity contribution in [3.8, 4) is 11.5 Å². The second-order valence-electron chi connectivity index (χ2n) is 8.48. The second-order valence-corrected chi connectivity index (χ2v) is 8.48. The molecule has 1 aliphatic rings. The molecule has 3 aromatic carbocycles. The number of amides is 1. The van der Waals surface area contributed by atoms with Crippen LogP contribution >= 0.6 is 0 Å². The number of hydrogen-bond acceptors (Lipinski definition) is 7. The highest BCUT2D eigenvalue weighted by Crippen LogP contribution is 2.42. The minimum Gasteiger partial charge on any atom is -0.507 e. The van der Waals surface area contributed by atoms with Crippen LogP contribution in [0.5, 0.6) is 11.5 Å². The van der Waals surface area contributed by atoms with Gasteiger partial charge >= 0.3 is 0 Å². The Morgan fingerprint density at radius 3 is 2.46 bits per heavy atom. The van der Waals surface area contributed by atoms with Gasteiger partial charge in [0.15, 0.2) is 11.5 Å². The molecule has 1 atom stereocenters. The van der Waals surface area contributed by atoms with E-state index in [1.165, 1.54) is 36.3 Å². The van der Waals surface area contributed by atoms with E-state index in [-0.39, 0.29) is 30.0 Å². The summed E-state index contributed by atoms with van der Waals surface area (Å²) in [6.45, 7) is 2.41. The maximum Gasteiger partial charge on any atom is 0.295 e. The number of carbonyl (C=O) groups excluding carboxylic acids is 2. The molecule has 0 radical (unpaired) electrons. The molecule has 0 bridgehead atoms. The van der Waals surface area contributed by atoms with E-state index in [1.54, 1.807) is 18.2 Å². The van der Waals surface area contributed by atoms with Crippen LogP contribution < -0.4 is 9.47 Å². The molecule has 1 N–H and O–H groups in total. The van der Waals surface area contributed by atoms with E-state index in [9.17, 15) is 24.8 Å². The first-order valence-electron chi connectivity index (χ1n) is 11.7. The minimum atomic E-state index is -0.913. The number of carbonyl (C=O) groups is 2. The van der Waals surface area contributed by atoms with E-state index in [4.69, 9.17) is 9.47 Å². The quantitative estimate of drug-likeness (QED) is 0.144. The summed E-state index contributed by atoms with van der Waals surface area (Å²) < 4.78 is 11.5. The first-order valence-corrected chi connectivity index (χ1v) is 11.7. The van der Waals surface area contributed by atoms with Crippen LogP contribution in [0.4, 0.5) is 5.69 Å². The van der Waals surface area contributed by atoms with Gasteiger partial charge in [0.1, 0.15) is 12.4 Å². The molecule has 1 unspecified atom stereocenters. The first kappa shape index (κ1) is 25.4. The molecule has 0 spiro atoms. The zero-order valence-corrected chi connectivity index (χ0v) is 20.4. The second kappa shape index (κ2) is 10.9. The van der Waals surface area contributed by atoms with Crippen LogP contribution in [0.1, 0.15) is 36.1 Å². The lowest BCUT2D eigenvalue weighted by Gasteiger charge is -2.25. The zero-order chi connectivity index (χ0) is 26.5. The SMILES string of the molecule is CCCN1C(=O)C(=O)/C(=C(/O)c2cccc([N+](=O)[O-])c2)C1c1ccc(OC)c(OCc2ccccc2)c1. The van der Waals surface area contributed by atoms with Gasteiger partial charge in [0.25, 0.3) is 17.4 Å². The molecule has 1 saturated heterocycles. The molecule has 0 aromatic heterocycles. The van der Waals surface area contributed by atoms with Gasteiger partial charge in [-0.3, -0.25) is 19.7 Å². The van der Waals surface area contributed by atoms with Crippen molar-refractivity contribution in [2.45, 2.75) is 26.0 Å². The van der Waals surface area contributed by atoms with Crippen LogP contribution in [-0.2, 0) is 16.2 Å². The highest BCUT2D eigenvalue weighted by Gasteiger charge is 2.46. The Morgan fingerprint density at radius 1 is 1.03 bits per heavy atom. The van der Waals surface area contributed by atoms with Gasteiger partial charge in [0, 0.05) is 24.2 Å². The number of hydrogen-bond donors (Lipinski definition) is 1.